The maximum atomic E-state index is 12.8. The highest BCUT2D eigenvalue weighted by Gasteiger charge is 2.60. The molecule has 1 N–H and O–H groups in total. The average molecular weight is 362 g/mol. The van der Waals surface area contributed by atoms with E-state index >= 15 is 0 Å². The number of Topliss-reactive ketones (excluding diaryl/α,β-unsaturated/α-hetero) is 1. The standard InChI is InChI=1S/C23H39NO2/c1-5-24-15(2)26-21-19-9-8-16-17-7-6-12-22(17,3)13-10-18(16)23(19,4)14-11-20(21)25/h15-19,21,24H,5-14H2,1-4H3/t15?,16-,17-,18+,19?,21?,22-,23+/m0/s1. The summed E-state index contributed by atoms with van der Waals surface area (Å²) in [5.74, 6) is 3.44. The quantitative estimate of drug-likeness (QED) is 0.721. The summed E-state index contributed by atoms with van der Waals surface area (Å²) in [6.07, 6.45) is 11.3. The lowest BCUT2D eigenvalue weighted by atomic mass is 9.45. The zero-order chi connectivity index (χ0) is 18.5. The van der Waals surface area contributed by atoms with Crippen LogP contribution >= 0.6 is 0 Å². The molecule has 0 aromatic heterocycles. The van der Waals surface area contributed by atoms with Crippen molar-refractivity contribution in [2.45, 2.75) is 97.8 Å². The molecule has 0 spiro atoms. The number of carbonyl (C=O) groups is 1. The predicted octanol–water partition coefficient (Wildman–Crippen LogP) is 4.94. The first-order chi connectivity index (χ1) is 12.4. The number of rotatable bonds is 4. The van der Waals surface area contributed by atoms with Crippen LogP contribution in [0.3, 0.4) is 0 Å². The summed E-state index contributed by atoms with van der Waals surface area (Å²) in [5, 5.41) is 3.34. The summed E-state index contributed by atoms with van der Waals surface area (Å²) in [7, 11) is 0. The minimum atomic E-state index is -0.180. The van der Waals surface area contributed by atoms with Gasteiger partial charge in [-0.15, -0.1) is 0 Å². The van der Waals surface area contributed by atoms with E-state index in [1.165, 1.54) is 44.9 Å². The summed E-state index contributed by atoms with van der Waals surface area (Å²) in [6, 6.07) is 0. The van der Waals surface area contributed by atoms with E-state index in [9.17, 15) is 4.79 Å². The van der Waals surface area contributed by atoms with Gasteiger partial charge in [0.05, 0.1) is 0 Å². The Morgan fingerprint density at radius 2 is 1.88 bits per heavy atom. The topological polar surface area (TPSA) is 38.3 Å². The van der Waals surface area contributed by atoms with Crippen LogP contribution in [0.4, 0.5) is 0 Å². The zero-order valence-corrected chi connectivity index (χ0v) is 17.4. The fourth-order valence-corrected chi connectivity index (χ4v) is 7.83. The third-order valence-corrected chi connectivity index (χ3v) is 9.16. The highest BCUT2D eigenvalue weighted by molar-refractivity contribution is 5.84. The van der Waals surface area contributed by atoms with Crippen LogP contribution < -0.4 is 5.32 Å². The van der Waals surface area contributed by atoms with Gasteiger partial charge in [-0.05, 0) is 92.9 Å². The van der Waals surface area contributed by atoms with Crippen LogP contribution in [0.15, 0.2) is 0 Å². The molecule has 0 heterocycles. The molecule has 3 unspecified atom stereocenters. The summed E-state index contributed by atoms with van der Waals surface area (Å²) in [5.41, 5.74) is 0.918. The van der Waals surface area contributed by atoms with Crippen LogP contribution in [-0.4, -0.2) is 24.7 Å². The van der Waals surface area contributed by atoms with Gasteiger partial charge in [0.25, 0.3) is 0 Å². The third kappa shape index (κ3) is 2.89. The number of ketones is 1. The van der Waals surface area contributed by atoms with Crippen molar-refractivity contribution in [1.29, 1.82) is 0 Å². The number of hydrogen-bond donors (Lipinski definition) is 1. The Bertz CT molecular complexity index is 548. The molecule has 4 rings (SSSR count). The molecule has 148 valence electrons. The Morgan fingerprint density at radius 3 is 2.65 bits per heavy atom. The van der Waals surface area contributed by atoms with E-state index in [4.69, 9.17) is 4.74 Å². The van der Waals surface area contributed by atoms with Gasteiger partial charge in [0.1, 0.15) is 12.3 Å². The minimum Gasteiger partial charge on any atom is -0.352 e. The summed E-state index contributed by atoms with van der Waals surface area (Å²) in [4.78, 5) is 12.8. The first-order valence-corrected chi connectivity index (χ1v) is 11.3. The van der Waals surface area contributed by atoms with Gasteiger partial charge in [-0.25, -0.2) is 0 Å². The molecule has 0 amide bonds. The van der Waals surface area contributed by atoms with E-state index in [2.05, 4.69) is 33.0 Å². The van der Waals surface area contributed by atoms with E-state index in [0.29, 0.717) is 22.5 Å². The van der Waals surface area contributed by atoms with Crippen LogP contribution in [0.25, 0.3) is 0 Å². The smallest absolute Gasteiger partial charge is 0.161 e. The van der Waals surface area contributed by atoms with Crippen molar-refractivity contribution in [1.82, 2.24) is 5.32 Å². The van der Waals surface area contributed by atoms with Gasteiger partial charge in [-0.1, -0.05) is 27.2 Å². The van der Waals surface area contributed by atoms with Gasteiger partial charge in [0.15, 0.2) is 5.78 Å². The molecule has 4 aliphatic rings. The SMILES string of the molecule is CCNC(C)OC1C(=O)CC[C@@]2(C)C1CC[C@@H]1[C@H]2CC[C@]2(C)CCC[C@@H]12. The number of nitrogens with one attached hydrogen (secondary N) is 1. The highest BCUT2D eigenvalue weighted by Crippen LogP contribution is 2.66. The molecular formula is C23H39NO2. The maximum absolute atomic E-state index is 12.8. The van der Waals surface area contributed by atoms with Crippen LogP contribution in [0.5, 0.6) is 0 Å². The Hall–Kier alpha value is -0.410. The van der Waals surface area contributed by atoms with E-state index in [-0.39, 0.29) is 12.3 Å². The van der Waals surface area contributed by atoms with Crippen molar-refractivity contribution < 1.29 is 9.53 Å². The van der Waals surface area contributed by atoms with E-state index < -0.39 is 0 Å². The third-order valence-electron chi connectivity index (χ3n) is 9.16. The van der Waals surface area contributed by atoms with Crippen LogP contribution in [0.1, 0.15) is 85.5 Å². The molecule has 4 fully saturated rings. The van der Waals surface area contributed by atoms with Crippen molar-refractivity contribution in [2.75, 3.05) is 6.54 Å². The Morgan fingerprint density at radius 1 is 1.08 bits per heavy atom. The molecule has 4 aliphatic carbocycles. The van der Waals surface area contributed by atoms with Gasteiger partial charge in [-0.3, -0.25) is 10.1 Å². The monoisotopic (exact) mass is 361 g/mol. The molecule has 0 radical (unpaired) electrons. The van der Waals surface area contributed by atoms with Gasteiger partial charge in [-0.2, -0.15) is 0 Å². The van der Waals surface area contributed by atoms with Gasteiger partial charge < -0.3 is 4.74 Å². The molecule has 3 heteroatoms. The van der Waals surface area contributed by atoms with Crippen LogP contribution in [0.2, 0.25) is 0 Å². The zero-order valence-electron chi connectivity index (χ0n) is 17.4. The summed E-state index contributed by atoms with van der Waals surface area (Å²) < 4.78 is 6.30. The van der Waals surface area contributed by atoms with Gasteiger partial charge >= 0.3 is 0 Å². The molecule has 8 atom stereocenters. The van der Waals surface area contributed by atoms with Crippen molar-refractivity contribution in [3.05, 3.63) is 0 Å². The lowest BCUT2D eigenvalue weighted by Gasteiger charge is -2.61. The number of ether oxygens (including phenoxy) is 1. The lowest BCUT2D eigenvalue weighted by Crippen LogP contribution is -2.58. The van der Waals surface area contributed by atoms with Gasteiger partial charge in [0.2, 0.25) is 0 Å². The Balaban J connectivity index is 1.57. The summed E-state index contributed by atoms with van der Waals surface area (Å²) >= 11 is 0. The molecule has 4 saturated carbocycles. The van der Waals surface area contributed by atoms with Crippen molar-refractivity contribution >= 4 is 5.78 Å². The molecule has 0 aromatic carbocycles. The van der Waals surface area contributed by atoms with Gasteiger partial charge in [0, 0.05) is 6.42 Å². The van der Waals surface area contributed by atoms with Crippen LogP contribution in [0, 0.1) is 34.5 Å². The lowest BCUT2D eigenvalue weighted by molar-refractivity contribution is -0.178. The maximum Gasteiger partial charge on any atom is 0.161 e. The molecule has 26 heavy (non-hydrogen) atoms. The average Bonchev–Trinajstić information content (AvgIpc) is 3.00. The Kier molecular flexibility index (Phi) is 5.01. The second-order valence-corrected chi connectivity index (χ2v) is 10.4. The predicted molar refractivity (Wildman–Crippen MR) is 105 cm³/mol. The fourth-order valence-electron chi connectivity index (χ4n) is 7.83. The minimum absolute atomic E-state index is 0.0292. The fraction of sp³-hybridized carbons (Fsp3) is 0.957. The first-order valence-electron chi connectivity index (χ1n) is 11.3. The Labute approximate surface area is 160 Å². The normalized spacial score (nSPS) is 49.2. The van der Waals surface area contributed by atoms with E-state index in [1.807, 2.05) is 0 Å². The second kappa shape index (κ2) is 6.88. The molecular weight excluding hydrogens is 322 g/mol. The van der Waals surface area contributed by atoms with E-state index in [0.717, 1.165) is 37.1 Å². The van der Waals surface area contributed by atoms with Crippen molar-refractivity contribution in [2.24, 2.45) is 34.5 Å². The molecule has 0 saturated heterocycles. The van der Waals surface area contributed by atoms with Crippen molar-refractivity contribution in [3.8, 4) is 0 Å². The van der Waals surface area contributed by atoms with Crippen molar-refractivity contribution in [3.63, 3.8) is 0 Å². The molecule has 0 aliphatic heterocycles. The summed E-state index contributed by atoms with van der Waals surface area (Å²) in [6.45, 7) is 10.1. The largest absolute Gasteiger partial charge is 0.352 e. The highest BCUT2D eigenvalue weighted by atomic mass is 16.5. The second-order valence-electron chi connectivity index (χ2n) is 10.4. The van der Waals surface area contributed by atoms with E-state index in [1.54, 1.807) is 0 Å². The molecule has 3 nitrogen and oxygen atoms in total. The van der Waals surface area contributed by atoms with Crippen LogP contribution in [-0.2, 0) is 9.53 Å². The number of hydrogen-bond acceptors (Lipinski definition) is 3. The molecule has 0 bridgehead atoms. The first kappa shape index (κ1) is 18.9. The number of carbonyl (C=O) groups excluding carboxylic acids is 1. The molecule has 0 aromatic rings. The number of fused-ring (bicyclic) bond motifs is 5.